The second-order valence-corrected chi connectivity index (χ2v) is 4.42. The van der Waals surface area contributed by atoms with Crippen LogP contribution in [0.5, 0.6) is 5.75 Å². The Kier molecular flexibility index (Phi) is 3.72. The minimum absolute atomic E-state index is 0.134. The minimum Gasteiger partial charge on any atom is -0.508 e. The largest absolute Gasteiger partial charge is 0.508 e. The zero-order chi connectivity index (χ0) is 13.3. The molecule has 0 aromatic heterocycles. The van der Waals surface area contributed by atoms with E-state index in [4.69, 9.17) is 9.84 Å². The van der Waals surface area contributed by atoms with Gasteiger partial charge < -0.3 is 30.5 Å². The van der Waals surface area contributed by atoms with E-state index in [9.17, 15) is 15.3 Å². The van der Waals surface area contributed by atoms with Crippen molar-refractivity contribution in [2.24, 2.45) is 0 Å². The van der Waals surface area contributed by atoms with E-state index in [1.54, 1.807) is 19.1 Å². The molecule has 6 heteroatoms. The van der Waals surface area contributed by atoms with Crippen LogP contribution in [-0.2, 0) is 4.74 Å². The Morgan fingerprint density at radius 1 is 1.00 bits per heavy atom. The standard InChI is InChI=1S/C12H17NO5/c1-6-9(15)10(16)11(17)12(18-6)13-7-2-4-8(14)5-3-7/h2-6,9-17H,1H3/t6-,9-,10+,11+,12-/m0/s1. The molecule has 1 saturated heterocycles. The number of benzene rings is 1. The lowest BCUT2D eigenvalue weighted by Gasteiger charge is -2.39. The van der Waals surface area contributed by atoms with Crippen LogP contribution in [0.3, 0.4) is 0 Å². The van der Waals surface area contributed by atoms with Crippen LogP contribution in [0.2, 0.25) is 0 Å². The van der Waals surface area contributed by atoms with Crippen molar-refractivity contribution in [2.75, 3.05) is 5.32 Å². The number of hydrogen-bond acceptors (Lipinski definition) is 6. The van der Waals surface area contributed by atoms with Gasteiger partial charge in [-0.05, 0) is 31.2 Å². The molecular formula is C12H17NO5. The van der Waals surface area contributed by atoms with Gasteiger partial charge >= 0.3 is 0 Å². The number of phenolic OH excluding ortho intramolecular Hbond substituents is 1. The smallest absolute Gasteiger partial charge is 0.157 e. The summed E-state index contributed by atoms with van der Waals surface area (Å²) < 4.78 is 5.38. The molecular weight excluding hydrogens is 238 g/mol. The van der Waals surface area contributed by atoms with E-state index < -0.39 is 30.6 Å². The summed E-state index contributed by atoms with van der Waals surface area (Å²) in [4.78, 5) is 0. The van der Waals surface area contributed by atoms with E-state index in [0.717, 1.165) is 0 Å². The number of hydrogen-bond donors (Lipinski definition) is 5. The van der Waals surface area contributed by atoms with Gasteiger partial charge in [0.05, 0.1) is 6.10 Å². The molecule has 1 aliphatic rings. The van der Waals surface area contributed by atoms with Crippen molar-refractivity contribution in [3.8, 4) is 5.75 Å². The Labute approximate surface area is 104 Å². The van der Waals surface area contributed by atoms with Crippen LogP contribution in [0.15, 0.2) is 24.3 Å². The van der Waals surface area contributed by atoms with Crippen LogP contribution < -0.4 is 5.32 Å². The van der Waals surface area contributed by atoms with Crippen LogP contribution in [0.4, 0.5) is 5.69 Å². The number of phenols is 1. The maximum absolute atomic E-state index is 9.79. The highest BCUT2D eigenvalue weighted by Gasteiger charge is 2.41. The first-order valence-electron chi connectivity index (χ1n) is 5.74. The van der Waals surface area contributed by atoms with Gasteiger partial charge in [-0.2, -0.15) is 0 Å². The first kappa shape index (κ1) is 13.1. The number of aliphatic hydroxyl groups excluding tert-OH is 3. The lowest BCUT2D eigenvalue weighted by molar-refractivity contribution is -0.209. The van der Waals surface area contributed by atoms with Crippen molar-refractivity contribution in [3.05, 3.63) is 24.3 Å². The molecule has 5 N–H and O–H groups in total. The predicted octanol–water partition coefficient (Wildman–Crippen LogP) is -0.368. The Morgan fingerprint density at radius 3 is 2.22 bits per heavy atom. The first-order valence-corrected chi connectivity index (χ1v) is 5.74. The normalized spacial score (nSPS) is 36.3. The number of rotatable bonds is 2. The van der Waals surface area contributed by atoms with Crippen LogP contribution in [-0.4, -0.2) is 51.1 Å². The monoisotopic (exact) mass is 255 g/mol. The molecule has 0 radical (unpaired) electrons. The van der Waals surface area contributed by atoms with E-state index in [1.807, 2.05) is 0 Å². The lowest BCUT2D eigenvalue weighted by atomic mass is 9.99. The molecule has 1 fully saturated rings. The third-order valence-corrected chi connectivity index (χ3v) is 3.03. The molecule has 6 nitrogen and oxygen atoms in total. The third-order valence-electron chi connectivity index (χ3n) is 3.03. The molecule has 0 aliphatic carbocycles. The first-order chi connectivity index (χ1) is 8.49. The summed E-state index contributed by atoms with van der Waals surface area (Å²) in [5.74, 6) is 0.134. The maximum atomic E-state index is 9.79. The fourth-order valence-corrected chi connectivity index (χ4v) is 1.89. The summed E-state index contributed by atoms with van der Waals surface area (Å²) in [6.07, 6.45) is -5.01. The topological polar surface area (TPSA) is 102 Å². The molecule has 5 atom stereocenters. The summed E-state index contributed by atoms with van der Waals surface area (Å²) >= 11 is 0. The van der Waals surface area contributed by atoms with Gasteiger partial charge in [-0.3, -0.25) is 0 Å². The van der Waals surface area contributed by atoms with E-state index in [-0.39, 0.29) is 5.75 Å². The SMILES string of the molecule is C[C@@H]1O[C@H](Nc2ccc(O)cc2)[C@H](O)[C@H](O)[C@H]1O. The van der Waals surface area contributed by atoms with Crippen molar-refractivity contribution in [3.63, 3.8) is 0 Å². The average molecular weight is 255 g/mol. The molecule has 0 amide bonds. The molecule has 0 unspecified atom stereocenters. The molecule has 0 saturated carbocycles. The summed E-state index contributed by atoms with van der Waals surface area (Å²) in [5.41, 5.74) is 0.632. The van der Waals surface area contributed by atoms with Crippen molar-refractivity contribution in [1.82, 2.24) is 0 Å². The Bertz CT molecular complexity index is 396. The maximum Gasteiger partial charge on any atom is 0.157 e. The molecule has 1 aromatic carbocycles. The third kappa shape index (κ3) is 2.56. The van der Waals surface area contributed by atoms with Crippen molar-refractivity contribution in [2.45, 2.75) is 37.6 Å². The molecule has 100 valence electrons. The summed E-state index contributed by atoms with van der Waals surface area (Å²) in [7, 11) is 0. The van der Waals surface area contributed by atoms with Gasteiger partial charge in [0.15, 0.2) is 6.23 Å². The Morgan fingerprint density at radius 2 is 1.61 bits per heavy atom. The molecule has 18 heavy (non-hydrogen) atoms. The number of nitrogens with one attached hydrogen (secondary N) is 1. The van der Waals surface area contributed by atoms with Crippen LogP contribution in [0.1, 0.15) is 6.92 Å². The fraction of sp³-hybridized carbons (Fsp3) is 0.500. The van der Waals surface area contributed by atoms with E-state index in [2.05, 4.69) is 5.32 Å². The molecule has 0 spiro atoms. The Balaban J connectivity index is 2.06. The molecule has 0 bridgehead atoms. The van der Waals surface area contributed by atoms with Crippen molar-refractivity contribution in [1.29, 1.82) is 0 Å². The highest BCUT2D eigenvalue weighted by atomic mass is 16.5. The second kappa shape index (κ2) is 5.11. The van der Waals surface area contributed by atoms with E-state index in [0.29, 0.717) is 5.69 Å². The summed E-state index contributed by atoms with van der Waals surface area (Å²) in [6, 6.07) is 6.22. The van der Waals surface area contributed by atoms with Crippen LogP contribution in [0.25, 0.3) is 0 Å². The van der Waals surface area contributed by atoms with Gasteiger partial charge in [-0.25, -0.2) is 0 Å². The summed E-state index contributed by atoms with van der Waals surface area (Å²) in [6.45, 7) is 1.62. The molecule has 1 aliphatic heterocycles. The highest BCUT2D eigenvalue weighted by molar-refractivity contribution is 5.46. The lowest BCUT2D eigenvalue weighted by Crippen LogP contribution is -2.58. The second-order valence-electron chi connectivity index (χ2n) is 4.42. The Hall–Kier alpha value is -1.34. The van der Waals surface area contributed by atoms with Crippen molar-refractivity contribution < 1.29 is 25.2 Å². The number of aromatic hydroxyl groups is 1. The average Bonchev–Trinajstić information content (AvgIpc) is 2.36. The number of ether oxygens (including phenoxy) is 1. The van der Waals surface area contributed by atoms with Gasteiger partial charge in [0.25, 0.3) is 0 Å². The van der Waals surface area contributed by atoms with Gasteiger partial charge in [-0.15, -0.1) is 0 Å². The zero-order valence-electron chi connectivity index (χ0n) is 9.89. The molecule has 1 aromatic rings. The minimum atomic E-state index is -1.26. The fourth-order valence-electron chi connectivity index (χ4n) is 1.89. The zero-order valence-corrected chi connectivity index (χ0v) is 9.89. The van der Waals surface area contributed by atoms with E-state index in [1.165, 1.54) is 12.1 Å². The molecule has 1 heterocycles. The highest BCUT2D eigenvalue weighted by Crippen LogP contribution is 2.23. The van der Waals surface area contributed by atoms with Gasteiger partial charge in [0, 0.05) is 5.69 Å². The van der Waals surface area contributed by atoms with Gasteiger partial charge in [-0.1, -0.05) is 0 Å². The molecule has 2 rings (SSSR count). The van der Waals surface area contributed by atoms with Crippen molar-refractivity contribution >= 4 is 5.69 Å². The summed E-state index contributed by atoms with van der Waals surface area (Å²) in [5, 5.41) is 41.0. The quantitative estimate of drug-likeness (QED) is 0.462. The van der Waals surface area contributed by atoms with Crippen LogP contribution in [0, 0.1) is 0 Å². The predicted molar refractivity (Wildman–Crippen MR) is 64.1 cm³/mol. The van der Waals surface area contributed by atoms with E-state index >= 15 is 0 Å². The van der Waals surface area contributed by atoms with Gasteiger partial charge in [0.1, 0.15) is 24.1 Å². The number of anilines is 1. The van der Waals surface area contributed by atoms with Crippen LogP contribution >= 0.6 is 0 Å². The van der Waals surface area contributed by atoms with Gasteiger partial charge in [0.2, 0.25) is 0 Å². The number of aliphatic hydroxyl groups is 3.